The third-order valence-corrected chi connectivity index (χ3v) is 3.08. The normalized spacial score (nSPS) is 10.2. The molecule has 2 rings (SSSR count). The summed E-state index contributed by atoms with van der Waals surface area (Å²) >= 11 is 0. The Morgan fingerprint density at radius 1 is 1.10 bits per heavy atom. The molecule has 21 heavy (non-hydrogen) atoms. The van der Waals surface area contributed by atoms with Crippen molar-refractivity contribution < 1.29 is 4.74 Å². The average molecular weight is 290 g/mol. The first-order valence-corrected chi connectivity index (χ1v) is 6.04. The van der Waals surface area contributed by atoms with Crippen LogP contribution < -0.4 is 21.3 Å². The molecule has 0 atom stereocenters. The predicted molar refractivity (Wildman–Crippen MR) is 78.7 cm³/mol. The zero-order valence-electron chi connectivity index (χ0n) is 11.8. The van der Waals surface area contributed by atoms with Crippen LogP contribution in [0.3, 0.4) is 0 Å². The highest BCUT2D eigenvalue weighted by atomic mass is 16.5. The van der Waals surface area contributed by atoms with Crippen molar-refractivity contribution in [3.63, 3.8) is 0 Å². The van der Waals surface area contributed by atoms with Gasteiger partial charge in [-0.15, -0.1) is 4.91 Å². The highest BCUT2D eigenvalue weighted by molar-refractivity contribution is 5.68. The van der Waals surface area contributed by atoms with Crippen molar-refractivity contribution in [3.05, 3.63) is 50.0 Å². The number of benzene rings is 1. The number of nitrogens with zero attached hydrogens (tertiary/aromatic N) is 3. The number of ether oxygens (including phenoxy) is 1. The Bertz CT molecular complexity index is 790. The topological polar surface area (TPSA) is 94.7 Å². The van der Waals surface area contributed by atoms with Gasteiger partial charge in [-0.1, -0.05) is 0 Å². The summed E-state index contributed by atoms with van der Waals surface area (Å²) in [6.45, 7) is 0. The van der Waals surface area contributed by atoms with Crippen LogP contribution in [0.15, 0.2) is 39.0 Å². The Kier molecular flexibility index (Phi) is 3.88. The molecule has 1 aromatic heterocycles. The molecule has 0 radical (unpaired) electrons. The van der Waals surface area contributed by atoms with E-state index in [9.17, 15) is 14.5 Å². The minimum Gasteiger partial charge on any atom is -0.497 e. The van der Waals surface area contributed by atoms with Gasteiger partial charge in [0.15, 0.2) is 0 Å². The minimum atomic E-state index is -0.746. The lowest BCUT2D eigenvalue weighted by Gasteiger charge is -2.13. The molecule has 0 aliphatic carbocycles. The summed E-state index contributed by atoms with van der Waals surface area (Å²) in [5, 5.41) is 5.58. The van der Waals surface area contributed by atoms with E-state index in [2.05, 4.69) is 10.5 Å². The van der Waals surface area contributed by atoms with Gasteiger partial charge < -0.3 is 10.1 Å². The monoisotopic (exact) mass is 290 g/mol. The SMILES string of the molecule is COc1ccc(Nc2c(N=O)c(=O)n(C)c(=O)n2C)cc1. The van der Waals surface area contributed by atoms with Crippen LogP contribution >= 0.6 is 0 Å². The van der Waals surface area contributed by atoms with Gasteiger partial charge in [0.1, 0.15) is 11.6 Å². The molecule has 1 N–H and O–H groups in total. The van der Waals surface area contributed by atoms with Crippen molar-refractivity contribution >= 4 is 17.2 Å². The molecule has 1 aromatic carbocycles. The second kappa shape index (κ2) is 5.61. The number of rotatable bonds is 4. The molecular formula is C13H14N4O4. The van der Waals surface area contributed by atoms with Crippen LogP contribution in [-0.4, -0.2) is 16.2 Å². The summed E-state index contributed by atoms with van der Waals surface area (Å²) in [4.78, 5) is 34.7. The Balaban J connectivity index is 2.55. The van der Waals surface area contributed by atoms with Crippen LogP contribution in [0.5, 0.6) is 5.75 Å². The molecule has 0 bridgehead atoms. The number of aromatic nitrogens is 2. The lowest BCUT2D eigenvalue weighted by Crippen LogP contribution is -2.37. The van der Waals surface area contributed by atoms with Gasteiger partial charge in [0.2, 0.25) is 5.69 Å². The summed E-state index contributed by atoms with van der Waals surface area (Å²) in [7, 11) is 4.28. The Labute approximate surface area is 119 Å². The zero-order chi connectivity index (χ0) is 15.6. The fourth-order valence-corrected chi connectivity index (χ4v) is 1.86. The van der Waals surface area contributed by atoms with E-state index in [-0.39, 0.29) is 11.5 Å². The van der Waals surface area contributed by atoms with Gasteiger partial charge in [-0.25, -0.2) is 4.79 Å². The van der Waals surface area contributed by atoms with Gasteiger partial charge in [-0.2, -0.15) is 0 Å². The molecular weight excluding hydrogens is 276 g/mol. The van der Waals surface area contributed by atoms with Gasteiger partial charge in [-0.3, -0.25) is 13.9 Å². The summed E-state index contributed by atoms with van der Waals surface area (Å²) < 4.78 is 7.02. The molecule has 8 nitrogen and oxygen atoms in total. The number of methoxy groups -OCH3 is 1. The van der Waals surface area contributed by atoms with Gasteiger partial charge in [0, 0.05) is 19.8 Å². The highest BCUT2D eigenvalue weighted by Gasteiger charge is 2.16. The Hall–Kier alpha value is -2.90. The molecule has 0 aliphatic rings. The molecule has 0 spiro atoms. The number of nitroso groups, excluding NO2 is 1. The molecule has 0 amide bonds. The van der Waals surface area contributed by atoms with E-state index in [1.807, 2.05) is 0 Å². The van der Waals surface area contributed by atoms with Crippen LogP contribution in [-0.2, 0) is 14.1 Å². The highest BCUT2D eigenvalue weighted by Crippen LogP contribution is 2.24. The molecule has 0 saturated heterocycles. The molecule has 2 aromatic rings. The number of hydrogen-bond donors (Lipinski definition) is 1. The van der Waals surface area contributed by atoms with Crippen molar-refractivity contribution in [2.75, 3.05) is 12.4 Å². The fourth-order valence-electron chi connectivity index (χ4n) is 1.86. The van der Waals surface area contributed by atoms with Crippen LogP contribution in [0.4, 0.5) is 17.2 Å². The summed E-state index contributed by atoms with van der Waals surface area (Å²) in [5.74, 6) is 0.704. The maximum Gasteiger partial charge on any atom is 0.332 e. The number of hydrogen-bond acceptors (Lipinski definition) is 6. The molecule has 110 valence electrons. The molecule has 0 saturated carbocycles. The van der Waals surface area contributed by atoms with E-state index in [1.54, 1.807) is 31.4 Å². The molecule has 1 heterocycles. The lowest BCUT2D eigenvalue weighted by atomic mass is 10.3. The first-order chi connectivity index (χ1) is 9.99. The smallest absolute Gasteiger partial charge is 0.332 e. The lowest BCUT2D eigenvalue weighted by molar-refractivity contribution is 0.415. The molecule has 8 heteroatoms. The van der Waals surface area contributed by atoms with E-state index < -0.39 is 11.2 Å². The number of nitrogens with one attached hydrogen (secondary N) is 1. The molecule has 0 fully saturated rings. The largest absolute Gasteiger partial charge is 0.497 e. The van der Waals surface area contributed by atoms with E-state index in [0.29, 0.717) is 11.4 Å². The van der Waals surface area contributed by atoms with E-state index in [4.69, 9.17) is 4.74 Å². The maximum atomic E-state index is 11.9. The van der Waals surface area contributed by atoms with E-state index >= 15 is 0 Å². The number of anilines is 2. The fraction of sp³-hybridized carbons (Fsp3) is 0.231. The van der Waals surface area contributed by atoms with Gasteiger partial charge in [0.05, 0.1) is 7.11 Å². The van der Waals surface area contributed by atoms with Gasteiger partial charge in [0.25, 0.3) is 5.56 Å². The van der Waals surface area contributed by atoms with Crippen LogP contribution in [0.25, 0.3) is 0 Å². The van der Waals surface area contributed by atoms with E-state index in [1.165, 1.54) is 14.1 Å². The molecule has 0 unspecified atom stereocenters. The standard InChI is InChI=1S/C13H14N4O4/c1-16-11(10(15-20)12(18)17(2)13(16)19)14-8-4-6-9(21-3)7-5-8/h4-7,14H,1-3H3. The van der Waals surface area contributed by atoms with Crippen molar-refractivity contribution in [2.45, 2.75) is 0 Å². The Morgan fingerprint density at radius 3 is 2.24 bits per heavy atom. The third-order valence-electron chi connectivity index (χ3n) is 3.08. The predicted octanol–water partition coefficient (Wildman–Crippen LogP) is 1.23. The third kappa shape index (κ3) is 2.55. The first-order valence-electron chi connectivity index (χ1n) is 6.04. The summed E-state index contributed by atoms with van der Waals surface area (Å²) in [5.41, 5.74) is -1.06. The van der Waals surface area contributed by atoms with Crippen molar-refractivity contribution in [1.82, 2.24) is 9.13 Å². The minimum absolute atomic E-state index is 0.0447. The second-order valence-corrected chi connectivity index (χ2v) is 4.35. The Morgan fingerprint density at radius 2 is 1.71 bits per heavy atom. The molecule has 0 aliphatic heterocycles. The van der Waals surface area contributed by atoms with Crippen LogP contribution in [0.1, 0.15) is 0 Å². The van der Waals surface area contributed by atoms with E-state index in [0.717, 1.165) is 9.13 Å². The summed E-state index contributed by atoms with van der Waals surface area (Å²) in [6, 6.07) is 6.79. The quantitative estimate of drug-likeness (QED) is 0.855. The average Bonchev–Trinajstić information content (AvgIpc) is 2.51. The van der Waals surface area contributed by atoms with Gasteiger partial charge >= 0.3 is 5.69 Å². The summed E-state index contributed by atoms with van der Waals surface area (Å²) in [6.07, 6.45) is 0. The van der Waals surface area contributed by atoms with Crippen LogP contribution in [0.2, 0.25) is 0 Å². The van der Waals surface area contributed by atoms with Crippen LogP contribution in [0, 0.1) is 4.91 Å². The maximum absolute atomic E-state index is 11.9. The van der Waals surface area contributed by atoms with Crippen molar-refractivity contribution in [3.8, 4) is 5.75 Å². The second-order valence-electron chi connectivity index (χ2n) is 4.35. The zero-order valence-corrected chi connectivity index (χ0v) is 11.8. The van der Waals surface area contributed by atoms with Crippen molar-refractivity contribution in [1.29, 1.82) is 0 Å². The van der Waals surface area contributed by atoms with Gasteiger partial charge in [-0.05, 0) is 29.4 Å². The first kappa shape index (κ1) is 14.5. The van der Waals surface area contributed by atoms with Crippen molar-refractivity contribution in [2.24, 2.45) is 19.3 Å².